The van der Waals surface area contributed by atoms with E-state index in [-0.39, 0.29) is 11.0 Å². The molecule has 3 heterocycles. The van der Waals surface area contributed by atoms with E-state index >= 15 is 0 Å². The van der Waals surface area contributed by atoms with Crippen LogP contribution in [-0.4, -0.2) is 10.5 Å². The summed E-state index contributed by atoms with van der Waals surface area (Å²) in [6.07, 6.45) is 11.3. The lowest BCUT2D eigenvalue weighted by Crippen LogP contribution is -2.41. The van der Waals surface area contributed by atoms with Crippen molar-refractivity contribution >= 4 is 44.3 Å². The predicted molar refractivity (Wildman–Crippen MR) is 193 cm³/mol. The normalized spacial score (nSPS) is 21.1. The van der Waals surface area contributed by atoms with Crippen LogP contribution in [0.15, 0.2) is 127 Å². The molecule has 6 aromatic rings. The molecule has 2 aliphatic heterocycles. The molecule has 2 aliphatic carbocycles. The highest BCUT2D eigenvalue weighted by Crippen LogP contribution is 2.61. The molecule has 4 aliphatic rings. The predicted octanol–water partition coefficient (Wildman–Crippen LogP) is 10.9. The topological polar surface area (TPSA) is 28.2 Å². The number of anilines is 4. The van der Waals surface area contributed by atoms with Gasteiger partial charge in [0, 0.05) is 46.1 Å². The van der Waals surface area contributed by atoms with Crippen LogP contribution in [0.25, 0.3) is 31.9 Å². The molecule has 1 saturated carbocycles. The van der Waals surface area contributed by atoms with Crippen LogP contribution in [0.3, 0.4) is 0 Å². The van der Waals surface area contributed by atoms with Gasteiger partial charge >= 0.3 is 0 Å². The summed E-state index contributed by atoms with van der Waals surface area (Å²) in [5.74, 6) is 0.562. The van der Waals surface area contributed by atoms with Crippen LogP contribution < -0.4 is 10.2 Å². The largest absolute Gasteiger partial charge is 0.355 e. The SMILES string of the molecule is CC1(C)c2ccccc2N(C23C=CC=CC2C3)c2ccc(-c3ccc4c(c3)Cc3cc5sc(-c6ccccc6)nc5cc3N4)cc21. The van der Waals surface area contributed by atoms with Gasteiger partial charge in [-0.3, -0.25) is 0 Å². The third-order valence-corrected chi connectivity index (χ3v) is 11.8. The number of para-hydroxylation sites is 1. The summed E-state index contributed by atoms with van der Waals surface area (Å²) in [6, 6.07) is 38.2. The Morgan fingerprint density at radius 3 is 2.41 bits per heavy atom. The molecule has 10 rings (SSSR count). The number of benzene rings is 5. The maximum Gasteiger partial charge on any atom is 0.124 e. The minimum atomic E-state index is -0.110. The molecule has 2 unspecified atom stereocenters. The van der Waals surface area contributed by atoms with E-state index in [4.69, 9.17) is 4.98 Å². The number of aromatic nitrogens is 1. The number of hydrogen-bond acceptors (Lipinski definition) is 4. The maximum absolute atomic E-state index is 4.97. The van der Waals surface area contributed by atoms with Gasteiger partial charge in [-0.2, -0.15) is 0 Å². The van der Waals surface area contributed by atoms with Gasteiger partial charge in [-0.05, 0) is 82.3 Å². The van der Waals surface area contributed by atoms with E-state index in [1.165, 1.54) is 60.7 Å². The molecule has 46 heavy (non-hydrogen) atoms. The van der Waals surface area contributed by atoms with Crippen molar-refractivity contribution in [3.05, 3.63) is 150 Å². The molecule has 0 amide bonds. The number of thiazole rings is 1. The van der Waals surface area contributed by atoms with Crippen molar-refractivity contribution in [2.24, 2.45) is 5.92 Å². The van der Waals surface area contributed by atoms with Crippen molar-refractivity contribution in [2.75, 3.05) is 10.2 Å². The molecule has 222 valence electrons. The summed E-state index contributed by atoms with van der Waals surface area (Å²) in [5, 5.41) is 4.80. The Kier molecular flexibility index (Phi) is 5.32. The number of nitrogens with one attached hydrogen (secondary N) is 1. The molecule has 1 aromatic heterocycles. The second kappa shape index (κ2) is 9.31. The first-order valence-electron chi connectivity index (χ1n) is 16.3. The zero-order valence-electron chi connectivity index (χ0n) is 25.9. The van der Waals surface area contributed by atoms with E-state index in [1.54, 1.807) is 11.3 Å². The summed E-state index contributed by atoms with van der Waals surface area (Å²) in [6.45, 7) is 4.78. The average molecular weight is 612 g/mol. The molecule has 0 spiro atoms. The van der Waals surface area contributed by atoms with Crippen molar-refractivity contribution < 1.29 is 0 Å². The fourth-order valence-electron chi connectivity index (χ4n) is 8.18. The van der Waals surface area contributed by atoms with E-state index in [9.17, 15) is 0 Å². The number of allylic oxidation sites excluding steroid dienone is 2. The van der Waals surface area contributed by atoms with Gasteiger partial charge in [-0.1, -0.05) is 98.8 Å². The lowest BCUT2D eigenvalue weighted by atomic mass is 9.72. The van der Waals surface area contributed by atoms with Crippen molar-refractivity contribution in [2.45, 2.75) is 37.6 Å². The van der Waals surface area contributed by atoms with Crippen LogP contribution in [0.5, 0.6) is 0 Å². The van der Waals surface area contributed by atoms with Gasteiger partial charge in [0.1, 0.15) is 5.01 Å². The smallest absolute Gasteiger partial charge is 0.124 e. The highest BCUT2D eigenvalue weighted by molar-refractivity contribution is 7.21. The lowest BCUT2D eigenvalue weighted by Gasteiger charge is -2.46. The van der Waals surface area contributed by atoms with Gasteiger partial charge in [0.2, 0.25) is 0 Å². The Morgan fingerprint density at radius 1 is 0.739 bits per heavy atom. The van der Waals surface area contributed by atoms with E-state index in [0.717, 1.165) is 29.1 Å². The molecule has 0 bridgehead atoms. The third-order valence-electron chi connectivity index (χ3n) is 10.7. The lowest BCUT2D eigenvalue weighted by molar-refractivity contribution is 0.608. The zero-order chi connectivity index (χ0) is 30.6. The summed E-state index contributed by atoms with van der Waals surface area (Å²) >= 11 is 1.77. The van der Waals surface area contributed by atoms with Gasteiger partial charge in [0.25, 0.3) is 0 Å². The summed E-state index contributed by atoms with van der Waals surface area (Å²) < 4.78 is 1.24. The number of rotatable bonds is 3. The summed E-state index contributed by atoms with van der Waals surface area (Å²) in [4.78, 5) is 7.62. The second-order valence-corrected chi connectivity index (χ2v) is 14.8. The minimum Gasteiger partial charge on any atom is -0.355 e. The third kappa shape index (κ3) is 3.74. The molecular weight excluding hydrogens is 579 g/mol. The van der Waals surface area contributed by atoms with E-state index in [0.29, 0.717) is 5.92 Å². The quantitative estimate of drug-likeness (QED) is 0.215. The van der Waals surface area contributed by atoms with E-state index in [2.05, 4.69) is 151 Å². The fraction of sp³-hybridized carbons (Fsp3) is 0.167. The highest BCUT2D eigenvalue weighted by Gasteiger charge is 2.58. The standard InChI is InChI=1S/C42H33N3S/c1-41(2)32-13-6-7-14-37(32)45(42-19-9-8-12-31(42)25-42)38-18-16-28(22-33(38)41)27-15-17-34-29(20-27)21-30-23-39-36(24-35(30)43-34)44-40(46-39)26-10-4-3-5-11-26/h3-20,22-24,31,43H,21,25H2,1-2H3. The van der Waals surface area contributed by atoms with Crippen LogP contribution in [0.1, 0.15) is 42.5 Å². The summed E-state index contributed by atoms with van der Waals surface area (Å²) in [7, 11) is 0. The molecule has 0 saturated heterocycles. The van der Waals surface area contributed by atoms with Crippen molar-refractivity contribution in [1.29, 1.82) is 0 Å². The zero-order valence-corrected chi connectivity index (χ0v) is 26.7. The first-order valence-corrected chi connectivity index (χ1v) is 17.1. The minimum absolute atomic E-state index is 0.0356. The molecule has 5 aromatic carbocycles. The molecule has 3 nitrogen and oxygen atoms in total. The first kappa shape index (κ1) is 26.3. The van der Waals surface area contributed by atoms with Gasteiger partial charge in [-0.15, -0.1) is 11.3 Å². The molecular formula is C42H33N3S. The monoisotopic (exact) mass is 611 g/mol. The molecule has 2 atom stereocenters. The molecule has 1 fully saturated rings. The van der Waals surface area contributed by atoms with Crippen molar-refractivity contribution in [3.8, 4) is 21.7 Å². The van der Waals surface area contributed by atoms with Crippen LogP contribution in [0.4, 0.5) is 22.7 Å². The van der Waals surface area contributed by atoms with Crippen molar-refractivity contribution in [1.82, 2.24) is 4.98 Å². The average Bonchev–Trinajstić information content (AvgIpc) is 3.69. The summed E-state index contributed by atoms with van der Waals surface area (Å²) in [5.41, 5.74) is 15.2. The maximum atomic E-state index is 4.97. The fourth-order valence-corrected chi connectivity index (χ4v) is 9.19. The number of hydrogen-bond donors (Lipinski definition) is 1. The first-order chi connectivity index (χ1) is 22.5. The van der Waals surface area contributed by atoms with E-state index < -0.39 is 0 Å². The van der Waals surface area contributed by atoms with E-state index in [1.807, 2.05) is 0 Å². The Labute approximate surface area is 273 Å². The Balaban J connectivity index is 1.03. The van der Waals surface area contributed by atoms with Crippen LogP contribution in [0, 0.1) is 5.92 Å². The second-order valence-electron chi connectivity index (χ2n) is 13.8. The van der Waals surface area contributed by atoms with Gasteiger partial charge in [0.05, 0.1) is 15.8 Å². The molecule has 4 heteroatoms. The van der Waals surface area contributed by atoms with Crippen LogP contribution in [-0.2, 0) is 11.8 Å². The Hall–Kier alpha value is -4.93. The van der Waals surface area contributed by atoms with Crippen LogP contribution >= 0.6 is 11.3 Å². The van der Waals surface area contributed by atoms with Gasteiger partial charge < -0.3 is 10.2 Å². The molecule has 1 N–H and O–H groups in total. The number of nitrogens with zero attached hydrogens (tertiary/aromatic N) is 2. The van der Waals surface area contributed by atoms with Gasteiger partial charge in [0.15, 0.2) is 0 Å². The van der Waals surface area contributed by atoms with Crippen LogP contribution in [0.2, 0.25) is 0 Å². The van der Waals surface area contributed by atoms with Gasteiger partial charge in [-0.25, -0.2) is 4.98 Å². The Morgan fingerprint density at radius 2 is 1.52 bits per heavy atom. The molecule has 0 radical (unpaired) electrons. The van der Waals surface area contributed by atoms with Crippen molar-refractivity contribution in [3.63, 3.8) is 0 Å². The Bertz CT molecular complexity index is 2290. The number of fused-ring (bicyclic) bond motifs is 6. The highest BCUT2D eigenvalue weighted by atomic mass is 32.1.